The van der Waals surface area contributed by atoms with Gasteiger partial charge in [-0.05, 0) is 24.3 Å². The van der Waals surface area contributed by atoms with E-state index in [9.17, 15) is 0 Å². The van der Waals surface area contributed by atoms with E-state index in [4.69, 9.17) is 14.2 Å². The maximum absolute atomic E-state index is 5.93. The standard InChI is InChI=1S/C17H22O3/c1-4-10-19-16-14-9-7-6-8-13(14)12-15(18-3)17(16)20-11-5-2/h6-9,12H,4-5,10-11H2,1-3H3. The van der Waals surface area contributed by atoms with Gasteiger partial charge in [-0.15, -0.1) is 0 Å². The van der Waals surface area contributed by atoms with Crippen molar-refractivity contribution in [3.05, 3.63) is 30.3 Å². The van der Waals surface area contributed by atoms with Crippen LogP contribution in [0.1, 0.15) is 26.7 Å². The molecule has 0 radical (unpaired) electrons. The summed E-state index contributed by atoms with van der Waals surface area (Å²) in [6.45, 7) is 5.49. The molecule has 3 nitrogen and oxygen atoms in total. The number of hydrogen-bond donors (Lipinski definition) is 0. The monoisotopic (exact) mass is 274 g/mol. The van der Waals surface area contributed by atoms with Crippen molar-refractivity contribution < 1.29 is 14.2 Å². The average Bonchev–Trinajstić information content (AvgIpc) is 2.50. The number of benzene rings is 2. The highest BCUT2D eigenvalue weighted by atomic mass is 16.5. The van der Waals surface area contributed by atoms with Gasteiger partial charge in [-0.1, -0.05) is 38.1 Å². The summed E-state index contributed by atoms with van der Waals surface area (Å²) < 4.78 is 17.3. The van der Waals surface area contributed by atoms with Crippen molar-refractivity contribution in [2.24, 2.45) is 0 Å². The number of fused-ring (bicyclic) bond motifs is 1. The first-order chi connectivity index (χ1) is 9.81. The quantitative estimate of drug-likeness (QED) is 0.747. The van der Waals surface area contributed by atoms with Gasteiger partial charge in [-0.25, -0.2) is 0 Å². The highest BCUT2D eigenvalue weighted by molar-refractivity contribution is 5.93. The van der Waals surface area contributed by atoms with Crippen molar-refractivity contribution >= 4 is 10.8 Å². The molecule has 0 atom stereocenters. The van der Waals surface area contributed by atoms with Crippen LogP contribution in [0.2, 0.25) is 0 Å². The molecule has 3 heteroatoms. The fourth-order valence-electron chi connectivity index (χ4n) is 2.11. The van der Waals surface area contributed by atoms with Crippen LogP contribution in [0.25, 0.3) is 10.8 Å². The molecular formula is C17H22O3. The van der Waals surface area contributed by atoms with Gasteiger partial charge in [0.2, 0.25) is 5.75 Å². The molecule has 0 saturated heterocycles. The lowest BCUT2D eigenvalue weighted by molar-refractivity contribution is 0.258. The molecule has 0 fully saturated rings. The highest BCUT2D eigenvalue weighted by Crippen LogP contribution is 2.43. The number of rotatable bonds is 7. The molecule has 0 N–H and O–H groups in total. The summed E-state index contributed by atoms with van der Waals surface area (Å²) >= 11 is 0. The Morgan fingerprint density at radius 1 is 0.900 bits per heavy atom. The zero-order valence-electron chi connectivity index (χ0n) is 12.4. The molecule has 0 bridgehead atoms. The zero-order chi connectivity index (χ0) is 14.4. The first-order valence-corrected chi connectivity index (χ1v) is 7.17. The van der Waals surface area contributed by atoms with Crippen molar-refractivity contribution in [2.45, 2.75) is 26.7 Å². The van der Waals surface area contributed by atoms with Gasteiger partial charge >= 0.3 is 0 Å². The van der Waals surface area contributed by atoms with Gasteiger partial charge < -0.3 is 14.2 Å². The first kappa shape index (κ1) is 14.5. The summed E-state index contributed by atoms with van der Waals surface area (Å²) in [6, 6.07) is 10.1. The molecule has 0 aromatic heterocycles. The van der Waals surface area contributed by atoms with E-state index >= 15 is 0 Å². The lowest BCUT2D eigenvalue weighted by Gasteiger charge is -2.17. The van der Waals surface area contributed by atoms with E-state index < -0.39 is 0 Å². The Morgan fingerprint density at radius 3 is 2.20 bits per heavy atom. The van der Waals surface area contributed by atoms with Crippen molar-refractivity contribution in [3.63, 3.8) is 0 Å². The highest BCUT2D eigenvalue weighted by Gasteiger charge is 2.16. The van der Waals surface area contributed by atoms with Gasteiger partial charge in [-0.2, -0.15) is 0 Å². The van der Waals surface area contributed by atoms with E-state index in [-0.39, 0.29) is 0 Å². The third kappa shape index (κ3) is 2.98. The second kappa shape index (κ2) is 7.04. The summed E-state index contributed by atoms with van der Waals surface area (Å²) in [6.07, 6.45) is 1.90. The van der Waals surface area contributed by atoms with Crippen LogP contribution >= 0.6 is 0 Å². The minimum Gasteiger partial charge on any atom is -0.493 e. The first-order valence-electron chi connectivity index (χ1n) is 7.17. The minimum atomic E-state index is 0.650. The van der Waals surface area contributed by atoms with Crippen LogP contribution in [0.3, 0.4) is 0 Å². The van der Waals surface area contributed by atoms with E-state index in [2.05, 4.69) is 26.0 Å². The van der Waals surface area contributed by atoms with Crippen LogP contribution in [0.15, 0.2) is 30.3 Å². The molecule has 0 saturated carbocycles. The third-order valence-electron chi connectivity index (χ3n) is 3.04. The summed E-state index contributed by atoms with van der Waals surface area (Å²) in [5.41, 5.74) is 0. The number of methoxy groups -OCH3 is 1. The summed E-state index contributed by atoms with van der Waals surface area (Å²) in [7, 11) is 1.66. The van der Waals surface area contributed by atoms with Crippen LogP contribution in [0.5, 0.6) is 17.2 Å². The Labute approximate surface area is 120 Å². The van der Waals surface area contributed by atoms with Crippen LogP contribution in [0, 0.1) is 0 Å². The number of ether oxygens (including phenoxy) is 3. The molecule has 2 aromatic carbocycles. The SMILES string of the molecule is CCCOc1c(OC)cc2ccccc2c1OCCC. The van der Waals surface area contributed by atoms with E-state index in [1.54, 1.807) is 7.11 Å². The topological polar surface area (TPSA) is 27.7 Å². The van der Waals surface area contributed by atoms with Gasteiger partial charge in [0.25, 0.3) is 0 Å². The second-order valence-electron chi connectivity index (χ2n) is 4.66. The zero-order valence-corrected chi connectivity index (χ0v) is 12.4. The van der Waals surface area contributed by atoms with E-state index in [1.165, 1.54) is 0 Å². The Hall–Kier alpha value is -1.90. The van der Waals surface area contributed by atoms with Crippen LogP contribution < -0.4 is 14.2 Å². The molecule has 20 heavy (non-hydrogen) atoms. The van der Waals surface area contributed by atoms with Gasteiger partial charge in [-0.3, -0.25) is 0 Å². The predicted octanol–water partition coefficient (Wildman–Crippen LogP) is 4.43. The molecule has 108 valence electrons. The Morgan fingerprint density at radius 2 is 1.55 bits per heavy atom. The fourth-order valence-corrected chi connectivity index (χ4v) is 2.11. The lowest BCUT2D eigenvalue weighted by Crippen LogP contribution is -2.03. The molecule has 0 amide bonds. The van der Waals surface area contributed by atoms with Crippen LogP contribution in [-0.4, -0.2) is 20.3 Å². The molecule has 0 aliphatic carbocycles. The van der Waals surface area contributed by atoms with Gasteiger partial charge in [0.15, 0.2) is 11.5 Å². The molecule has 2 aromatic rings. The smallest absolute Gasteiger partial charge is 0.204 e. The molecular weight excluding hydrogens is 252 g/mol. The molecule has 0 spiro atoms. The van der Waals surface area contributed by atoms with Gasteiger partial charge in [0, 0.05) is 5.39 Å². The van der Waals surface area contributed by atoms with Gasteiger partial charge in [0.05, 0.1) is 20.3 Å². The Balaban J connectivity index is 2.56. The normalized spacial score (nSPS) is 10.6. The Kier molecular flexibility index (Phi) is 5.10. The average molecular weight is 274 g/mol. The van der Waals surface area contributed by atoms with Crippen molar-refractivity contribution in [2.75, 3.05) is 20.3 Å². The second-order valence-corrected chi connectivity index (χ2v) is 4.66. The maximum atomic E-state index is 5.93. The van der Waals surface area contributed by atoms with E-state index in [0.717, 1.165) is 35.1 Å². The largest absolute Gasteiger partial charge is 0.493 e. The van der Waals surface area contributed by atoms with Crippen molar-refractivity contribution in [1.29, 1.82) is 0 Å². The Bertz CT molecular complexity index is 563. The predicted molar refractivity (Wildman–Crippen MR) is 82.1 cm³/mol. The lowest BCUT2D eigenvalue weighted by atomic mass is 10.1. The minimum absolute atomic E-state index is 0.650. The van der Waals surface area contributed by atoms with Crippen LogP contribution in [-0.2, 0) is 0 Å². The molecule has 0 heterocycles. The van der Waals surface area contributed by atoms with Crippen molar-refractivity contribution in [1.82, 2.24) is 0 Å². The third-order valence-corrected chi connectivity index (χ3v) is 3.04. The number of hydrogen-bond acceptors (Lipinski definition) is 3. The molecule has 0 aliphatic heterocycles. The van der Waals surface area contributed by atoms with Gasteiger partial charge in [0.1, 0.15) is 0 Å². The molecule has 0 unspecified atom stereocenters. The summed E-state index contributed by atoms with van der Waals surface area (Å²) in [5, 5.41) is 2.16. The van der Waals surface area contributed by atoms with Crippen LogP contribution in [0.4, 0.5) is 0 Å². The maximum Gasteiger partial charge on any atom is 0.204 e. The summed E-state index contributed by atoms with van der Waals surface area (Å²) in [4.78, 5) is 0. The fraction of sp³-hybridized carbons (Fsp3) is 0.412. The van der Waals surface area contributed by atoms with E-state index in [0.29, 0.717) is 19.0 Å². The molecule has 0 aliphatic rings. The van der Waals surface area contributed by atoms with E-state index in [1.807, 2.05) is 18.2 Å². The summed E-state index contributed by atoms with van der Waals surface area (Å²) in [5.74, 6) is 2.22. The molecule has 2 rings (SSSR count). The van der Waals surface area contributed by atoms with Crippen molar-refractivity contribution in [3.8, 4) is 17.2 Å².